The van der Waals surface area contributed by atoms with E-state index in [4.69, 9.17) is 5.11 Å². The molecule has 1 rings (SSSR count). The zero-order valence-corrected chi connectivity index (χ0v) is 12.6. The van der Waals surface area contributed by atoms with Gasteiger partial charge in [-0.15, -0.1) is 0 Å². The fraction of sp³-hybridized carbons (Fsp3) is 0.588. The quantitative estimate of drug-likeness (QED) is 0.693. The molecule has 2 heteroatoms. The van der Waals surface area contributed by atoms with Gasteiger partial charge in [-0.25, -0.2) is 0 Å². The third kappa shape index (κ3) is 12.9. The summed E-state index contributed by atoms with van der Waals surface area (Å²) in [4.78, 5) is 10.1. The van der Waals surface area contributed by atoms with Crippen molar-refractivity contribution in [2.45, 2.75) is 65.7 Å². The normalized spacial score (nSPS) is 9.63. The van der Waals surface area contributed by atoms with Crippen molar-refractivity contribution in [2.24, 2.45) is 0 Å². The Morgan fingerprint density at radius 1 is 0.895 bits per heavy atom. The molecule has 0 amide bonds. The molecule has 1 aromatic rings. The van der Waals surface area contributed by atoms with Crippen LogP contribution in [0.25, 0.3) is 0 Å². The number of carboxylic acids is 1. The largest absolute Gasteiger partial charge is 0.481 e. The van der Waals surface area contributed by atoms with Crippen LogP contribution in [0.5, 0.6) is 0 Å². The summed E-state index contributed by atoms with van der Waals surface area (Å²) >= 11 is 0. The SMILES string of the molecule is CCCCCCCCC(=O)O.Cc1ccc(C)cc1. The van der Waals surface area contributed by atoms with Crippen LogP contribution in [0.3, 0.4) is 0 Å². The van der Waals surface area contributed by atoms with E-state index in [1.165, 1.54) is 36.8 Å². The van der Waals surface area contributed by atoms with Crippen LogP contribution in [0.2, 0.25) is 0 Å². The van der Waals surface area contributed by atoms with Crippen LogP contribution in [0.4, 0.5) is 0 Å². The number of carbonyl (C=O) groups is 1. The highest BCUT2D eigenvalue weighted by Crippen LogP contribution is 2.06. The second kappa shape index (κ2) is 11.8. The van der Waals surface area contributed by atoms with E-state index >= 15 is 0 Å². The van der Waals surface area contributed by atoms with Crippen molar-refractivity contribution >= 4 is 5.97 Å². The van der Waals surface area contributed by atoms with Crippen LogP contribution >= 0.6 is 0 Å². The molecule has 0 aliphatic heterocycles. The van der Waals surface area contributed by atoms with Crippen LogP contribution in [0, 0.1) is 13.8 Å². The van der Waals surface area contributed by atoms with Gasteiger partial charge in [-0.05, 0) is 20.3 Å². The first-order valence-corrected chi connectivity index (χ1v) is 7.31. The summed E-state index contributed by atoms with van der Waals surface area (Å²) in [6.07, 6.45) is 7.25. The Hall–Kier alpha value is -1.31. The molecular weight excluding hydrogens is 236 g/mol. The molecular formula is C17H28O2. The molecule has 0 saturated carbocycles. The highest BCUT2D eigenvalue weighted by Gasteiger charge is 1.95. The molecule has 0 atom stereocenters. The van der Waals surface area contributed by atoms with Gasteiger partial charge in [-0.3, -0.25) is 4.79 Å². The monoisotopic (exact) mass is 264 g/mol. The maximum absolute atomic E-state index is 10.1. The molecule has 0 fully saturated rings. The van der Waals surface area contributed by atoms with Gasteiger partial charge in [-0.1, -0.05) is 74.4 Å². The molecule has 108 valence electrons. The molecule has 2 nitrogen and oxygen atoms in total. The van der Waals surface area contributed by atoms with Crippen molar-refractivity contribution < 1.29 is 9.90 Å². The number of hydrogen-bond acceptors (Lipinski definition) is 1. The fourth-order valence-corrected chi connectivity index (χ4v) is 1.69. The Bertz CT molecular complexity index is 307. The molecule has 0 bridgehead atoms. The van der Waals surface area contributed by atoms with Crippen LogP contribution in [-0.2, 0) is 4.79 Å². The van der Waals surface area contributed by atoms with Gasteiger partial charge in [0.25, 0.3) is 0 Å². The number of aryl methyl sites for hydroxylation is 2. The number of benzene rings is 1. The molecule has 0 unspecified atom stereocenters. The highest BCUT2D eigenvalue weighted by atomic mass is 16.4. The van der Waals surface area contributed by atoms with Crippen LogP contribution in [0.1, 0.15) is 63.0 Å². The Labute approximate surface area is 117 Å². The Morgan fingerprint density at radius 3 is 1.74 bits per heavy atom. The lowest BCUT2D eigenvalue weighted by Crippen LogP contribution is -1.93. The number of rotatable bonds is 7. The number of hydrogen-bond donors (Lipinski definition) is 1. The van der Waals surface area contributed by atoms with Gasteiger partial charge in [-0.2, -0.15) is 0 Å². The predicted octanol–water partition coefficient (Wildman–Crippen LogP) is 5.13. The standard InChI is InChI=1S/C9H18O2.C8H10/c1-2-3-4-5-6-7-8-9(10)11;1-7-3-5-8(2)6-4-7/h2-8H2,1H3,(H,10,11);3-6H,1-2H3. The molecule has 0 aliphatic rings. The van der Waals surface area contributed by atoms with Crippen LogP contribution in [-0.4, -0.2) is 11.1 Å². The zero-order valence-electron chi connectivity index (χ0n) is 12.6. The van der Waals surface area contributed by atoms with E-state index in [0.717, 1.165) is 12.8 Å². The summed E-state index contributed by atoms with van der Waals surface area (Å²) in [5.41, 5.74) is 2.66. The summed E-state index contributed by atoms with van der Waals surface area (Å²) in [6.45, 7) is 6.37. The zero-order chi connectivity index (χ0) is 14.5. The maximum atomic E-state index is 10.1. The smallest absolute Gasteiger partial charge is 0.303 e. The first-order valence-electron chi connectivity index (χ1n) is 7.31. The van der Waals surface area contributed by atoms with E-state index in [1.54, 1.807) is 0 Å². The van der Waals surface area contributed by atoms with Crippen molar-refractivity contribution in [2.75, 3.05) is 0 Å². The lowest BCUT2D eigenvalue weighted by Gasteiger charge is -1.97. The maximum Gasteiger partial charge on any atom is 0.303 e. The average molecular weight is 264 g/mol. The number of aliphatic carboxylic acids is 1. The van der Waals surface area contributed by atoms with Crippen molar-refractivity contribution in [1.29, 1.82) is 0 Å². The van der Waals surface area contributed by atoms with Crippen LogP contribution < -0.4 is 0 Å². The van der Waals surface area contributed by atoms with Gasteiger partial charge < -0.3 is 5.11 Å². The Kier molecular flexibility index (Phi) is 11.0. The van der Waals surface area contributed by atoms with Gasteiger partial charge in [0, 0.05) is 6.42 Å². The summed E-state index contributed by atoms with van der Waals surface area (Å²) in [5.74, 6) is -0.666. The lowest BCUT2D eigenvalue weighted by atomic mass is 10.1. The highest BCUT2D eigenvalue weighted by molar-refractivity contribution is 5.66. The minimum atomic E-state index is -0.666. The number of carboxylic acid groups (broad SMARTS) is 1. The first kappa shape index (κ1) is 17.7. The second-order valence-corrected chi connectivity index (χ2v) is 5.07. The summed E-state index contributed by atoms with van der Waals surface area (Å²) in [5, 5.41) is 8.32. The molecule has 1 N–H and O–H groups in total. The topological polar surface area (TPSA) is 37.3 Å². The third-order valence-corrected chi connectivity index (χ3v) is 2.96. The minimum Gasteiger partial charge on any atom is -0.481 e. The van der Waals surface area contributed by atoms with E-state index in [-0.39, 0.29) is 0 Å². The summed E-state index contributed by atoms with van der Waals surface area (Å²) < 4.78 is 0. The second-order valence-electron chi connectivity index (χ2n) is 5.07. The molecule has 0 spiro atoms. The van der Waals surface area contributed by atoms with E-state index in [9.17, 15) is 4.79 Å². The minimum absolute atomic E-state index is 0.339. The molecule has 0 aromatic heterocycles. The average Bonchev–Trinajstić information content (AvgIpc) is 2.38. The molecule has 19 heavy (non-hydrogen) atoms. The fourth-order valence-electron chi connectivity index (χ4n) is 1.69. The van der Waals surface area contributed by atoms with E-state index in [2.05, 4.69) is 45.0 Å². The molecule has 0 radical (unpaired) electrons. The molecule has 0 aliphatic carbocycles. The van der Waals surface area contributed by atoms with Crippen molar-refractivity contribution in [1.82, 2.24) is 0 Å². The Balaban J connectivity index is 0.000000356. The third-order valence-electron chi connectivity index (χ3n) is 2.96. The summed E-state index contributed by atoms with van der Waals surface area (Å²) in [7, 11) is 0. The molecule has 0 saturated heterocycles. The van der Waals surface area contributed by atoms with E-state index < -0.39 is 5.97 Å². The van der Waals surface area contributed by atoms with Crippen molar-refractivity contribution in [3.8, 4) is 0 Å². The van der Waals surface area contributed by atoms with Crippen LogP contribution in [0.15, 0.2) is 24.3 Å². The van der Waals surface area contributed by atoms with Gasteiger partial charge in [0.05, 0.1) is 0 Å². The lowest BCUT2D eigenvalue weighted by molar-refractivity contribution is -0.137. The van der Waals surface area contributed by atoms with Gasteiger partial charge in [0.15, 0.2) is 0 Å². The molecule has 0 heterocycles. The van der Waals surface area contributed by atoms with E-state index in [0.29, 0.717) is 6.42 Å². The predicted molar refractivity (Wildman–Crippen MR) is 81.5 cm³/mol. The van der Waals surface area contributed by atoms with Crippen molar-refractivity contribution in [3.63, 3.8) is 0 Å². The van der Waals surface area contributed by atoms with Gasteiger partial charge in [0.1, 0.15) is 0 Å². The summed E-state index contributed by atoms with van der Waals surface area (Å²) in [6, 6.07) is 8.48. The van der Waals surface area contributed by atoms with E-state index in [1.807, 2.05) is 0 Å². The van der Waals surface area contributed by atoms with Crippen molar-refractivity contribution in [3.05, 3.63) is 35.4 Å². The van der Waals surface area contributed by atoms with Gasteiger partial charge >= 0.3 is 5.97 Å². The first-order chi connectivity index (χ1) is 9.06. The van der Waals surface area contributed by atoms with Gasteiger partial charge in [0.2, 0.25) is 0 Å². The number of unbranched alkanes of at least 4 members (excludes halogenated alkanes) is 5. The Morgan fingerprint density at radius 2 is 1.32 bits per heavy atom. The molecule has 1 aromatic carbocycles.